The molecular formula is C34H61N7O7. The number of nitrogens with zero attached hydrogens (tertiary/aromatic N) is 1. The van der Waals surface area contributed by atoms with Gasteiger partial charge in [0.1, 0.15) is 12.6 Å². The zero-order valence-electron chi connectivity index (χ0n) is 30.3. The van der Waals surface area contributed by atoms with Gasteiger partial charge in [-0.2, -0.15) is 0 Å². The van der Waals surface area contributed by atoms with Crippen LogP contribution in [-0.4, -0.2) is 93.3 Å². The SMILES string of the molecule is CCC.CNCCN(C)C(=O)OCc1ccc(NC(=O)C(CCCNC(N)=O)NC(=O)CNC(=O)CCC(C)(C)OCCC(C)C)cc1. The van der Waals surface area contributed by atoms with Crippen LogP contribution in [0.4, 0.5) is 15.3 Å². The normalized spacial score (nSPS) is 11.4. The second kappa shape index (κ2) is 25.2. The molecule has 0 aliphatic heterocycles. The summed E-state index contributed by atoms with van der Waals surface area (Å²) in [4.78, 5) is 62.7. The minimum atomic E-state index is -0.939. The van der Waals surface area contributed by atoms with Gasteiger partial charge in [0.25, 0.3) is 0 Å². The predicted octanol–water partition coefficient (Wildman–Crippen LogP) is 3.50. The molecule has 1 atom stereocenters. The smallest absolute Gasteiger partial charge is 0.409 e. The van der Waals surface area contributed by atoms with Crippen molar-refractivity contribution in [2.45, 2.75) is 98.3 Å². The Hall–Kier alpha value is -3.91. The van der Waals surface area contributed by atoms with Gasteiger partial charge in [-0.15, -0.1) is 0 Å². The van der Waals surface area contributed by atoms with Crippen LogP contribution in [0.15, 0.2) is 24.3 Å². The maximum Gasteiger partial charge on any atom is 0.409 e. The number of hydrogen-bond donors (Lipinski definition) is 6. The van der Waals surface area contributed by atoms with Gasteiger partial charge in [0.2, 0.25) is 17.7 Å². The van der Waals surface area contributed by atoms with Crippen LogP contribution >= 0.6 is 0 Å². The second-order valence-electron chi connectivity index (χ2n) is 12.6. The van der Waals surface area contributed by atoms with E-state index in [0.717, 1.165) is 12.0 Å². The van der Waals surface area contributed by atoms with E-state index in [1.807, 2.05) is 13.8 Å². The first-order valence-corrected chi connectivity index (χ1v) is 16.8. The second-order valence-corrected chi connectivity index (χ2v) is 12.6. The highest BCUT2D eigenvalue weighted by Crippen LogP contribution is 2.18. The molecule has 0 aromatic heterocycles. The minimum absolute atomic E-state index is 0.0663. The molecule has 1 rings (SSSR count). The van der Waals surface area contributed by atoms with Crippen molar-refractivity contribution < 1.29 is 33.4 Å². The molecule has 0 aliphatic carbocycles. The standard InChI is InChI=1S/C31H53N7O7.C3H8/c1-22(2)14-19-45-31(3,4)15-13-26(39)35-20-27(40)37-25(8-7-16-34-29(32)42)28(41)36-24-11-9-23(10-12-24)21-44-30(43)38(6)18-17-33-5;1-3-2/h9-12,22,25,33H,7-8,13-21H2,1-6H3,(H,35,39)(H,36,41)(H,37,40)(H3,32,34,42);3H2,1-2H3. The lowest BCUT2D eigenvalue weighted by molar-refractivity contribution is -0.128. The first kappa shape index (κ1) is 44.1. The number of nitrogens with one attached hydrogen (secondary N) is 5. The highest BCUT2D eigenvalue weighted by atomic mass is 16.6. The zero-order chi connectivity index (χ0) is 36.5. The van der Waals surface area contributed by atoms with E-state index in [1.54, 1.807) is 38.4 Å². The lowest BCUT2D eigenvalue weighted by Crippen LogP contribution is -2.47. The van der Waals surface area contributed by atoms with Gasteiger partial charge in [0.05, 0.1) is 12.1 Å². The van der Waals surface area contributed by atoms with Crippen LogP contribution < -0.4 is 32.3 Å². The molecule has 274 valence electrons. The van der Waals surface area contributed by atoms with Crippen LogP contribution in [0, 0.1) is 5.92 Å². The first-order chi connectivity index (χ1) is 22.6. The molecule has 0 heterocycles. The van der Waals surface area contributed by atoms with Gasteiger partial charge >= 0.3 is 12.1 Å². The molecule has 0 radical (unpaired) electrons. The Morgan fingerprint density at radius 2 is 1.60 bits per heavy atom. The molecule has 0 spiro atoms. The molecule has 14 nitrogen and oxygen atoms in total. The maximum atomic E-state index is 13.1. The monoisotopic (exact) mass is 679 g/mol. The third-order valence-corrected chi connectivity index (χ3v) is 6.80. The van der Waals surface area contributed by atoms with Gasteiger partial charge in [-0.25, -0.2) is 9.59 Å². The largest absolute Gasteiger partial charge is 0.445 e. The maximum absolute atomic E-state index is 13.1. The Kier molecular flexibility index (Phi) is 23.1. The summed E-state index contributed by atoms with van der Waals surface area (Å²) in [6, 6.07) is 5.12. The molecule has 0 saturated heterocycles. The van der Waals surface area contributed by atoms with Crippen LogP contribution in [0.2, 0.25) is 0 Å². The van der Waals surface area contributed by atoms with E-state index >= 15 is 0 Å². The Morgan fingerprint density at radius 3 is 2.19 bits per heavy atom. The van der Waals surface area contributed by atoms with Gasteiger partial charge in [-0.1, -0.05) is 46.2 Å². The van der Waals surface area contributed by atoms with Crippen molar-refractivity contribution in [1.82, 2.24) is 26.2 Å². The number of urea groups is 1. The van der Waals surface area contributed by atoms with E-state index in [4.69, 9.17) is 15.2 Å². The fraction of sp³-hybridized carbons (Fsp3) is 0.676. The lowest BCUT2D eigenvalue weighted by atomic mass is 10.0. The van der Waals surface area contributed by atoms with Crippen molar-refractivity contribution in [3.63, 3.8) is 0 Å². The quantitative estimate of drug-likeness (QED) is 0.106. The lowest BCUT2D eigenvalue weighted by Gasteiger charge is -2.25. The number of anilines is 1. The molecule has 7 N–H and O–H groups in total. The number of rotatable bonds is 21. The number of benzene rings is 1. The van der Waals surface area contributed by atoms with Crippen LogP contribution in [0.5, 0.6) is 0 Å². The molecule has 1 aromatic rings. The molecule has 0 fully saturated rings. The van der Waals surface area contributed by atoms with E-state index in [0.29, 0.717) is 44.1 Å². The van der Waals surface area contributed by atoms with Crippen molar-refractivity contribution in [2.24, 2.45) is 11.7 Å². The molecule has 6 amide bonds. The molecular weight excluding hydrogens is 618 g/mol. The Morgan fingerprint density at radius 1 is 0.958 bits per heavy atom. The van der Waals surface area contributed by atoms with Crippen LogP contribution in [0.25, 0.3) is 0 Å². The molecule has 0 saturated carbocycles. The van der Waals surface area contributed by atoms with Crippen molar-refractivity contribution in [3.8, 4) is 0 Å². The molecule has 0 aliphatic rings. The van der Waals surface area contributed by atoms with Crippen molar-refractivity contribution >= 4 is 35.5 Å². The number of ether oxygens (including phenoxy) is 2. The summed E-state index contributed by atoms with van der Waals surface area (Å²) in [5.41, 5.74) is 5.84. The predicted molar refractivity (Wildman–Crippen MR) is 188 cm³/mol. The molecule has 1 unspecified atom stereocenters. The minimum Gasteiger partial charge on any atom is -0.445 e. The van der Waals surface area contributed by atoms with Crippen LogP contribution in [0.3, 0.4) is 0 Å². The number of carbonyl (C=O) groups is 5. The zero-order valence-corrected chi connectivity index (χ0v) is 30.3. The average molecular weight is 680 g/mol. The van der Waals surface area contributed by atoms with Crippen molar-refractivity contribution in [1.29, 1.82) is 0 Å². The van der Waals surface area contributed by atoms with Crippen molar-refractivity contribution in [2.75, 3.05) is 52.2 Å². The highest BCUT2D eigenvalue weighted by Gasteiger charge is 2.23. The summed E-state index contributed by atoms with van der Waals surface area (Å²) in [5.74, 6) is -0.778. The topological polar surface area (TPSA) is 193 Å². The van der Waals surface area contributed by atoms with E-state index in [9.17, 15) is 24.0 Å². The summed E-state index contributed by atoms with van der Waals surface area (Å²) in [5, 5.41) is 13.4. The summed E-state index contributed by atoms with van der Waals surface area (Å²) < 4.78 is 11.2. The van der Waals surface area contributed by atoms with E-state index in [1.165, 1.54) is 11.3 Å². The van der Waals surface area contributed by atoms with Gasteiger partial charge in [0, 0.05) is 45.4 Å². The number of likely N-dealkylation sites (N-methyl/N-ethyl adjacent to an activating group) is 2. The van der Waals surface area contributed by atoms with Gasteiger partial charge < -0.3 is 46.7 Å². The summed E-state index contributed by atoms with van der Waals surface area (Å²) >= 11 is 0. The van der Waals surface area contributed by atoms with E-state index < -0.39 is 35.6 Å². The Balaban J connectivity index is 0.00000707. The third-order valence-electron chi connectivity index (χ3n) is 6.80. The molecule has 1 aromatic carbocycles. The average Bonchev–Trinajstić information content (AvgIpc) is 3.02. The number of nitrogens with two attached hydrogens (primary N) is 1. The Bertz CT molecular complexity index is 1100. The number of primary amides is 1. The molecule has 48 heavy (non-hydrogen) atoms. The summed E-state index contributed by atoms with van der Waals surface area (Å²) in [6.07, 6.45) is 2.99. The Labute approximate surface area is 287 Å². The molecule has 0 bridgehead atoms. The van der Waals surface area contributed by atoms with Gasteiger partial charge in [-0.05, 0) is 70.2 Å². The molecule has 14 heteroatoms. The number of hydrogen-bond acceptors (Lipinski definition) is 8. The number of carbonyl (C=O) groups excluding carboxylic acids is 5. The van der Waals surface area contributed by atoms with Crippen LogP contribution in [-0.2, 0) is 30.5 Å². The summed E-state index contributed by atoms with van der Waals surface area (Å²) in [7, 11) is 3.45. The third kappa shape index (κ3) is 22.6. The fourth-order valence-electron chi connectivity index (χ4n) is 3.90. The van der Waals surface area contributed by atoms with Crippen LogP contribution in [0.1, 0.15) is 85.6 Å². The van der Waals surface area contributed by atoms with Gasteiger partial charge in [0.15, 0.2) is 0 Å². The first-order valence-electron chi connectivity index (χ1n) is 16.8. The number of amides is 6. The summed E-state index contributed by atoms with van der Waals surface area (Å²) in [6.45, 7) is 14.1. The van der Waals surface area contributed by atoms with E-state index in [2.05, 4.69) is 54.3 Å². The highest BCUT2D eigenvalue weighted by molar-refractivity contribution is 5.97. The van der Waals surface area contributed by atoms with E-state index in [-0.39, 0.29) is 38.4 Å². The fourth-order valence-corrected chi connectivity index (χ4v) is 3.90. The van der Waals surface area contributed by atoms with Gasteiger partial charge in [-0.3, -0.25) is 14.4 Å². The van der Waals surface area contributed by atoms with Crippen molar-refractivity contribution in [3.05, 3.63) is 29.8 Å².